The maximum absolute atomic E-state index is 12.8. The van der Waals surface area contributed by atoms with Crippen molar-refractivity contribution in [2.24, 2.45) is 0 Å². The molecule has 0 aromatic heterocycles. The van der Waals surface area contributed by atoms with E-state index in [9.17, 15) is 4.79 Å². The van der Waals surface area contributed by atoms with Crippen LogP contribution in [0.15, 0.2) is 36.4 Å². The Hall–Kier alpha value is -2.37. The second-order valence-corrected chi connectivity index (χ2v) is 7.98. The molecule has 5 nitrogen and oxygen atoms in total. The number of carbonyl (C=O) groups excluding carboxylic acids is 1. The minimum Gasteiger partial charge on any atom is -0.493 e. The number of rotatable bonds is 5. The predicted molar refractivity (Wildman–Crippen MR) is 106 cm³/mol. The van der Waals surface area contributed by atoms with E-state index in [4.69, 9.17) is 14.2 Å². The number of morpholine rings is 1. The molecule has 2 atom stereocenters. The molecule has 2 saturated heterocycles. The first-order valence-corrected chi connectivity index (χ1v) is 10.2. The number of carbonyl (C=O) groups is 1. The summed E-state index contributed by atoms with van der Waals surface area (Å²) in [5.74, 6) is 1.66. The van der Waals surface area contributed by atoms with Crippen LogP contribution in [-0.4, -0.2) is 55.4 Å². The van der Waals surface area contributed by atoms with Crippen LogP contribution < -0.4 is 9.47 Å². The van der Waals surface area contributed by atoms with Crippen molar-refractivity contribution in [3.05, 3.63) is 47.5 Å². The lowest BCUT2D eigenvalue weighted by Gasteiger charge is -2.25. The number of hydrogen-bond acceptors (Lipinski definition) is 4. The monoisotopic (exact) mass is 380 g/mol. The average molecular weight is 380 g/mol. The molecule has 2 aromatic rings. The summed E-state index contributed by atoms with van der Waals surface area (Å²) >= 11 is 0. The summed E-state index contributed by atoms with van der Waals surface area (Å²) in [5, 5.41) is 0. The van der Waals surface area contributed by atoms with Gasteiger partial charge >= 0.3 is 0 Å². The van der Waals surface area contributed by atoms with Gasteiger partial charge in [-0.05, 0) is 37.6 Å². The second-order valence-electron chi connectivity index (χ2n) is 7.98. The Morgan fingerprint density at radius 3 is 2.71 bits per heavy atom. The molecule has 28 heavy (non-hydrogen) atoms. The van der Waals surface area contributed by atoms with Gasteiger partial charge in [-0.1, -0.05) is 19.1 Å². The van der Waals surface area contributed by atoms with Gasteiger partial charge in [-0.15, -0.1) is 0 Å². The molecule has 0 radical (unpaired) electrons. The highest BCUT2D eigenvalue weighted by molar-refractivity contribution is 6.22. The Bertz CT molecular complexity index is 932. The second kappa shape index (κ2) is 6.61. The lowest BCUT2D eigenvalue weighted by Crippen LogP contribution is -2.42. The van der Waals surface area contributed by atoms with Gasteiger partial charge in [-0.3, -0.25) is 9.28 Å². The number of ether oxygens (including phenoxy) is 3. The van der Waals surface area contributed by atoms with E-state index >= 15 is 0 Å². The Balaban J connectivity index is 1.46. The first-order valence-electron chi connectivity index (χ1n) is 10.2. The van der Waals surface area contributed by atoms with Gasteiger partial charge in [0.15, 0.2) is 11.8 Å². The number of fused-ring (bicyclic) bond motifs is 3. The van der Waals surface area contributed by atoms with Crippen molar-refractivity contribution in [3.63, 3.8) is 0 Å². The summed E-state index contributed by atoms with van der Waals surface area (Å²) in [4.78, 5) is 12.8. The Morgan fingerprint density at radius 2 is 1.93 bits per heavy atom. The maximum atomic E-state index is 12.8. The molecule has 146 valence electrons. The molecular weight excluding hydrogens is 354 g/mol. The summed E-state index contributed by atoms with van der Waals surface area (Å²) in [6, 6.07) is 12.0. The van der Waals surface area contributed by atoms with Crippen LogP contribution in [-0.2, 0) is 4.74 Å². The fourth-order valence-corrected chi connectivity index (χ4v) is 4.74. The zero-order valence-corrected chi connectivity index (χ0v) is 16.4. The third-order valence-corrected chi connectivity index (χ3v) is 6.44. The van der Waals surface area contributed by atoms with Crippen molar-refractivity contribution in [3.8, 4) is 22.6 Å². The van der Waals surface area contributed by atoms with Crippen molar-refractivity contribution in [1.82, 2.24) is 0 Å². The van der Waals surface area contributed by atoms with Crippen LogP contribution in [0.5, 0.6) is 11.5 Å². The van der Waals surface area contributed by atoms with Crippen molar-refractivity contribution in [1.29, 1.82) is 0 Å². The van der Waals surface area contributed by atoms with Crippen molar-refractivity contribution < 1.29 is 23.5 Å². The summed E-state index contributed by atoms with van der Waals surface area (Å²) in [6.45, 7) is 8.58. The molecule has 0 saturated carbocycles. The number of nitrogens with zero attached hydrogens (tertiary/aromatic N) is 1. The van der Waals surface area contributed by atoms with Crippen LogP contribution in [0.3, 0.4) is 0 Å². The van der Waals surface area contributed by atoms with E-state index in [2.05, 4.69) is 13.8 Å². The number of hydrogen-bond donors (Lipinski definition) is 0. The third kappa shape index (κ3) is 2.57. The molecule has 1 spiro atoms. The minimum atomic E-state index is 0.0648. The summed E-state index contributed by atoms with van der Waals surface area (Å²) in [6.07, 6.45) is 1.10. The number of quaternary nitrogens is 1. The molecule has 2 heterocycles. The maximum Gasteiger partial charge on any atom is 0.286 e. The van der Waals surface area contributed by atoms with Gasteiger partial charge in [-0.2, -0.15) is 0 Å². The molecule has 2 fully saturated rings. The van der Waals surface area contributed by atoms with Crippen LogP contribution in [0, 0.1) is 0 Å². The Morgan fingerprint density at radius 1 is 1.11 bits per heavy atom. The van der Waals surface area contributed by atoms with Gasteiger partial charge in [0.05, 0.1) is 19.8 Å². The molecule has 0 amide bonds. The SMILES string of the molecule is CCCOc1cccc2c1-c1cc(OC3C(C)[N+]34CCOCC4)ccc1C2=O. The van der Waals surface area contributed by atoms with Crippen molar-refractivity contribution >= 4 is 5.78 Å². The standard InChI is InChI=1S/C23H26NO4/c1-3-11-27-20-6-4-5-18-21(20)19-14-16(7-8-17(19)22(18)25)28-23-15(2)24(23)9-12-26-13-10-24/h4-8,14-15,23H,3,9-13H2,1-2H3/q+1. The molecular formula is C23H26NO4+. The van der Waals surface area contributed by atoms with Crippen LogP contribution in [0.2, 0.25) is 0 Å². The van der Waals surface area contributed by atoms with E-state index in [0.29, 0.717) is 12.6 Å². The van der Waals surface area contributed by atoms with E-state index in [-0.39, 0.29) is 12.0 Å². The normalized spacial score (nSPS) is 24.0. The van der Waals surface area contributed by atoms with E-state index < -0.39 is 0 Å². The van der Waals surface area contributed by atoms with Gasteiger partial charge in [0.25, 0.3) is 6.23 Å². The molecule has 2 unspecified atom stereocenters. The topological polar surface area (TPSA) is 44.8 Å². The lowest BCUT2D eigenvalue weighted by atomic mass is 10.0. The Kier molecular flexibility index (Phi) is 4.18. The zero-order chi connectivity index (χ0) is 19.3. The molecule has 2 aromatic carbocycles. The number of benzene rings is 2. The highest BCUT2D eigenvalue weighted by Crippen LogP contribution is 2.46. The first kappa shape index (κ1) is 17.7. The highest BCUT2D eigenvalue weighted by Gasteiger charge is 2.66. The summed E-state index contributed by atoms with van der Waals surface area (Å²) < 4.78 is 18.8. The smallest absolute Gasteiger partial charge is 0.286 e. The van der Waals surface area contributed by atoms with Gasteiger partial charge < -0.3 is 14.2 Å². The van der Waals surface area contributed by atoms with E-state index in [0.717, 1.165) is 71.0 Å². The highest BCUT2D eigenvalue weighted by atomic mass is 16.5. The fourth-order valence-electron chi connectivity index (χ4n) is 4.74. The van der Waals surface area contributed by atoms with E-state index in [1.807, 2.05) is 36.4 Å². The summed E-state index contributed by atoms with van der Waals surface area (Å²) in [7, 11) is 0. The van der Waals surface area contributed by atoms with Gasteiger partial charge in [0.2, 0.25) is 0 Å². The fraction of sp³-hybridized carbons (Fsp3) is 0.435. The quantitative estimate of drug-likeness (QED) is 0.501. The molecule has 5 heteroatoms. The van der Waals surface area contributed by atoms with Crippen LogP contribution in [0.1, 0.15) is 36.2 Å². The molecule has 0 N–H and O–H groups in total. The van der Waals surface area contributed by atoms with Crippen LogP contribution in [0.4, 0.5) is 0 Å². The number of ketones is 1. The lowest BCUT2D eigenvalue weighted by molar-refractivity contribution is -0.845. The van der Waals surface area contributed by atoms with Gasteiger partial charge in [-0.25, -0.2) is 0 Å². The minimum absolute atomic E-state index is 0.0648. The van der Waals surface area contributed by atoms with E-state index in [1.165, 1.54) is 0 Å². The summed E-state index contributed by atoms with van der Waals surface area (Å²) in [5.41, 5.74) is 3.28. The van der Waals surface area contributed by atoms with Crippen molar-refractivity contribution in [2.45, 2.75) is 32.5 Å². The third-order valence-electron chi connectivity index (χ3n) is 6.44. The molecule has 1 aliphatic carbocycles. The first-order chi connectivity index (χ1) is 13.7. The molecule has 5 rings (SSSR count). The van der Waals surface area contributed by atoms with E-state index in [1.54, 1.807) is 0 Å². The average Bonchev–Trinajstić information content (AvgIpc) is 3.11. The van der Waals surface area contributed by atoms with Gasteiger partial charge in [0, 0.05) is 22.3 Å². The van der Waals surface area contributed by atoms with Gasteiger partial charge in [0.1, 0.15) is 24.6 Å². The molecule has 2 aliphatic heterocycles. The molecule has 3 aliphatic rings. The largest absolute Gasteiger partial charge is 0.493 e. The Labute approximate surface area is 165 Å². The zero-order valence-electron chi connectivity index (χ0n) is 16.4. The predicted octanol–water partition coefficient (Wildman–Crippen LogP) is 3.64. The van der Waals surface area contributed by atoms with Crippen LogP contribution in [0.25, 0.3) is 11.1 Å². The van der Waals surface area contributed by atoms with Crippen LogP contribution >= 0.6 is 0 Å². The van der Waals surface area contributed by atoms with Crippen molar-refractivity contribution in [2.75, 3.05) is 32.9 Å². The molecule has 0 bridgehead atoms.